The number of nitrogens with two attached hydrogens (primary N) is 1. The summed E-state index contributed by atoms with van der Waals surface area (Å²) in [6.45, 7) is 0. The van der Waals surface area contributed by atoms with Gasteiger partial charge in [-0.1, -0.05) is 23.2 Å². The minimum Gasteiger partial charge on any atom is -0.399 e. The van der Waals surface area contributed by atoms with Gasteiger partial charge in [-0.25, -0.2) is 0 Å². The largest absolute Gasteiger partial charge is 0.399 e. The van der Waals surface area contributed by atoms with Gasteiger partial charge in [0.15, 0.2) is 0 Å². The number of benzene rings is 2. The van der Waals surface area contributed by atoms with Crippen molar-refractivity contribution in [2.24, 2.45) is 0 Å². The summed E-state index contributed by atoms with van der Waals surface area (Å²) >= 11 is 11.7. The molecule has 0 unspecified atom stereocenters. The van der Waals surface area contributed by atoms with Gasteiger partial charge in [0.05, 0.1) is 10.6 Å². The Bertz CT molecular complexity index is 582. The lowest BCUT2D eigenvalue weighted by Gasteiger charge is -2.07. The first-order valence-electron chi connectivity index (χ1n) is 5.18. The van der Waals surface area contributed by atoms with Crippen LogP contribution in [0, 0.1) is 0 Å². The highest BCUT2D eigenvalue weighted by atomic mass is 35.5. The zero-order valence-electron chi connectivity index (χ0n) is 9.28. The van der Waals surface area contributed by atoms with Crippen LogP contribution in [0.1, 0.15) is 10.4 Å². The van der Waals surface area contributed by atoms with E-state index in [1.165, 1.54) is 6.07 Å². The molecule has 2 rings (SSSR count). The maximum absolute atomic E-state index is 12.0. The van der Waals surface area contributed by atoms with Crippen molar-refractivity contribution >= 4 is 40.5 Å². The summed E-state index contributed by atoms with van der Waals surface area (Å²) < 4.78 is 0. The first kappa shape index (κ1) is 12.7. The highest BCUT2D eigenvalue weighted by Crippen LogP contribution is 2.22. The molecular formula is C13H10Cl2N2O. The predicted molar refractivity (Wildman–Crippen MR) is 75.3 cm³/mol. The molecule has 0 aliphatic rings. The van der Waals surface area contributed by atoms with Crippen LogP contribution in [0.4, 0.5) is 11.4 Å². The summed E-state index contributed by atoms with van der Waals surface area (Å²) in [6.07, 6.45) is 0. The fourth-order valence-corrected chi connectivity index (χ4v) is 1.93. The number of anilines is 2. The van der Waals surface area contributed by atoms with E-state index in [1.807, 2.05) is 0 Å². The second-order valence-electron chi connectivity index (χ2n) is 3.70. The SMILES string of the molecule is Nc1ccc(NC(=O)c2ccc(Cl)cc2Cl)cc1. The minimum atomic E-state index is -0.290. The molecule has 3 N–H and O–H groups in total. The molecule has 1 amide bonds. The lowest BCUT2D eigenvalue weighted by molar-refractivity contribution is 0.102. The summed E-state index contributed by atoms with van der Waals surface area (Å²) in [5.74, 6) is -0.290. The topological polar surface area (TPSA) is 55.1 Å². The average molecular weight is 281 g/mol. The third-order valence-electron chi connectivity index (χ3n) is 2.34. The number of halogens is 2. The van der Waals surface area contributed by atoms with Crippen molar-refractivity contribution in [3.8, 4) is 0 Å². The van der Waals surface area contributed by atoms with E-state index in [9.17, 15) is 4.79 Å². The standard InChI is InChI=1S/C13H10Cl2N2O/c14-8-1-6-11(12(15)7-8)13(18)17-10-4-2-9(16)3-5-10/h1-7H,16H2,(H,17,18). The van der Waals surface area contributed by atoms with Crippen LogP contribution in [0.25, 0.3) is 0 Å². The van der Waals surface area contributed by atoms with E-state index in [-0.39, 0.29) is 5.91 Å². The average Bonchev–Trinajstić information content (AvgIpc) is 2.32. The molecule has 0 fully saturated rings. The van der Waals surface area contributed by atoms with E-state index in [4.69, 9.17) is 28.9 Å². The fraction of sp³-hybridized carbons (Fsp3) is 0. The van der Waals surface area contributed by atoms with Gasteiger partial charge in [0.2, 0.25) is 0 Å². The number of carbonyl (C=O) groups is 1. The third-order valence-corrected chi connectivity index (χ3v) is 2.89. The van der Waals surface area contributed by atoms with Crippen molar-refractivity contribution in [1.82, 2.24) is 0 Å². The van der Waals surface area contributed by atoms with Crippen LogP contribution >= 0.6 is 23.2 Å². The van der Waals surface area contributed by atoms with Gasteiger partial charge in [-0.3, -0.25) is 4.79 Å². The van der Waals surface area contributed by atoms with E-state index in [1.54, 1.807) is 36.4 Å². The van der Waals surface area contributed by atoms with Gasteiger partial charge in [0.25, 0.3) is 5.91 Å². The molecule has 2 aromatic rings. The third kappa shape index (κ3) is 2.94. The smallest absolute Gasteiger partial charge is 0.257 e. The Morgan fingerprint density at radius 2 is 1.72 bits per heavy atom. The maximum atomic E-state index is 12.0. The number of rotatable bonds is 2. The normalized spacial score (nSPS) is 10.1. The van der Waals surface area contributed by atoms with Gasteiger partial charge in [0.1, 0.15) is 0 Å². The Morgan fingerprint density at radius 1 is 1.06 bits per heavy atom. The maximum Gasteiger partial charge on any atom is 0.257 e. The minimum absolute atomic E-state index is 0.290. The summed E-state index contributed by atoms with van der Waals surface area (Å²) in [5.41, 5.74) is 7.22. The molecule has 18 heavy (non-hydrogen) atoms. The van der Waals surface area contributed by atoms with Crippen molar-refractivity contribution in [3.63, 3.8) is 0 Å². The van der Waals surface area contributed by atoms with E-state index in [2.05, 4.69) is 5.32 Å². The van der Waals surface area contributed by atoms with Gasteiger partial charge in [-0.2, -0.15) is 0 Å². The monoisotopic (exact) mass is 280 g/mol. The van der Waals surface area contributed by atoms with Gasteiger partial charge in [-0.15, -0.1) is 0 Å². The van der Waals surface area contributed by atoms with Crippen LogP contribution in [-0.4, -0.2) is 5.91 Å². The van der Waals surface area contributed by atoms with Gasteiger partial charge in [-0.05, 0) is 42.5 Å². The van der Waals surface area contributed by atoms with E-state index >= 15 is 0 Å². The van der Waals surface area contributed by atoms with E-state index in [0.717, 1.165) is 0 Å². The Balaban J connectivity index is 2.19. The zero-order chi connectivity index (χ0) is 13.1. The molecule has 0 atom stereocenters. The first-order chi connectivity index (χ1) is 8.56. The van der Waals surface area contributed by atoms with Crippen molar-refractivity contribution in [2.45, 2.75) is 0 Å². The molecular weight excluding hydrogens is 271 g/mol. The number of hydrogen-bond acceptors (Lipinski definition) is 2. The number of nitrogens with one attached hydrogen (secondary N) is 1. The van der Waals surface area contributed by atoms with Crippen molar-refractivity contribution in [2.75, 3.05) is 11.1 Å². The predicted octanol–water partition coefficient (Wildman–Crippen LogP) is 3.83. The summed E-state index contributed by atoms with van der Waals surface area (Å²) in [4.78, 5) is 12.0. The molecule has 0 bridgehead atoms. The molecule has 5 heteroatoms. The highest BCUT2D eigenvalue weighted by molar-refractivity contribution is 6.37. The molecule has 92 valence electrons. The number of nitrogen functional groups attached to an aromatic ring is 1. The first-order valence-corrected chi connectivity index (χ1v) is 5.94. The molecule has 3 nitrogen and oxygen atoms in total. The van der Waals surface area contributed by atoms with Crippen LogP contribution in [0.5, 0.6) is 0 Å². The molecule has 0 radical (unpaired) electrons. The van der Waals surface area contributed by atoms with Crippen molar-refractivity contribution in [1.29, 1.82) is 0 Å². The van der Waals surface area contributed by atoms with Crippen LogP contribution in [-0.2, 0) is 0 Å². The quantitative estimate of drug-likeness (QED) is 0.822. The molecule has 0 spiro atoms. The Kier molecular flexibility index (Phi) is 3.75. The molecule has 0 saturated heterocycles. The number of hydrogen-bond donors (Lipinski definition) is 2. The lowest BCUT2D eigenvalue weighted by atomic mass is 10.2. The molecule has 0 heterocycles. The molecule has 0 aliphatic heterocycles. The molecule has 0 saturated carbocycles. The fourth-order valence-electron chi connectivity index (χ4n) is 1.44. The second kappa shape index (κ2) is 5.29. The van der Waals surface area contributed by atoms with Crippen LogP contribution in [0.15, 0.2) is 42.5 Å². The zero-order valence-corrected chi connectivity index (χ0v) is 10.8. The number of carbonyl (C=O) groups excluding carboxylic acids is 1. The summed E-state index contributed by atoms with van der Waals surface area (Å²) in [5, 5.41) is 3.53. The van der Waals surface area contributed by atoms with E-state index < -0.39 is 0 Å². The second-order valence-corrected chi connectivity index (χ2v) is 4.54. The van der Waals surface area contributed by atoms with Crippen LogP contribution in [0.3, 0.4) is 0 Å². The molecule has 0 aliphatic carbocycles. The summed E-state index contributed by atoms with van der Waals surface area (Å²) in [7, 11) is 0. The summed E-state index contributed by atoms with van der Waals surface area (Å²) in [6, 6.07) is 11.6. The van der Waals surface area contributed by atoms with Gasteiger partial charge >= 0.3 is 0 Å². The highest BCUT2D eigenvalue weighted by Gasteiger charge is 2.10. The number of amides is 1. The van der Waals surface area contributed by atoms with E-state index in [0.29, 0.717) is 27.0 Å². The molecule has 0 aromatic heterocycles. The Labute approximate surface area is 115 Å². The molecule has 2 aromatic carbocycles. The van der Waals surface area contributed by atoms with Gasteiger partial charge in [0, 0.05) is 16.4 Å². The van der Waals surface area contributed by atoms with Gasteiger partial charge < -0.3 is 11.1 Å². The van der Waals surface area contributed by atoms with Crippen molar-refractivity contribution < 1.29 is 4.79 Å². The lowest BCUT2D eigenvalue weighted by Crippen LogP contribution is -2.12. The van der Waals surface area contributed by atoms with Crippen LogP contribution in [0.2, 0.25) is 10.0 Å². The van der Waals surface area contributed by atoms with Crippen LogP contribution < -0.4 is 11.1 Å². The van der Waals surface area contributed by atoms with Crippen molar-refractivity contribution in [3.05, 3.63) is 58.1 Å². The Morgan fingerprint density at radius 3 is 2.33 bits per heavy atom. The Hall–Kier alpha value is -1.71.